The highest BCUT2D eigenvalue weighted by molar-refractivity contribution is 7.92. The molecule has 1 N–H and O–H groups in total. The number of nitrogens with one attached hydrogen (secondary N) is 1. The molecule has 0 unspecified atom stereocenters. The van der Waals surface area contributed by atoms with Gasteiger partial charge in [0.1, 0.15) is 5.75 Å². The summed E-state index contributed by atoms with van der Waals surface area (Å²) in [5.41, 5.74) is 0.168. The maximum Gasteiger partial charge on any atom is 0.387 e. The van der Waals surface area contributed by atoms with E-state index in [0.29, 0.717) is 0 Å². The molecule has 0 aromatic heterocycles. The van der Waals surface area contributed by atoms with Gasteiger partial charge in [-0.3, -0.25) is 4.72 Å². The lowest BCUT2D eigenvalue weighted by atomic mass is 10.3. The SMILES string of the molecule is N#CCS(=O)(=O)Nc1ccc(OC(F)F)cc1. The fourth-order valence-electron chi connectivity index (χ4n) is 1.01. The first-order chi connectivity index (χ1) is 7.93. The molecule has 0 amide bonds. The second kappa shape index (κ2) is 5.45. The summed E-state index contributed by atoms with van der Waals surface area (Å²) in [5.74, 6) is -0.759. The van der Waals surface area contributed by atoms with Crippen LogP contribution in [-0.4, -0.2) is 20.8 Å². The molecular weight excluding hydrogens is 254 g/mol. The van der Waals surface area contributed by atoms with E-state index in [2.05, 4.69) is 9.46 Å². The van der Waals surface area contributed by atoms with Gasteiger partial charge in [0.25, 0.3) is 0 Å². The highest BCUT2D eigenvalue weighted by Crippen LogP contribution is 2.18. The molecule has 0 aliphatic rings. The number of benzene rings is 1. The van der Waals surface area contributed by atoms with Gasteiger partial charge >= 0.3 is 6.61 Å². The number of anilines is 1. The summed E-state index contributed by atoms with van der Waals surface area (Å²) >= 11 is 0. The zero-order chi connectivity index (χ0) is 12.9. The third-order valence-electron chi connectivity index (χ3n) is 1.61. The van der Waals surface area contributed by atoms with Crippen LogP contribution in [-0.2, 0) is 10.0 Å². The number of alkyl halides is 2. The summed E-state index contributed by atoms with van der Waals surface area (Å²) in [5, 5.41) is 8.25. The van der Waals surface area contributed by atoms with Crippen LogP contribution in [0.4, 0.5) is 14.5 Å². The van der Waals surface area contributed by atoms with Crippen LogP contribution in [0.2, 0.25) is 0 Å². The third-order valence-corrected chi connectivity index (χ3v) is 2.66. The zero-order valence-corrected chi connectivity index (χ0v) is 9.25. The van der Waals surface area contributed by atoms with Crippen molar-refractivity contribution in [2.75, 3.05) is 10.5 Å². The van der Waals surface area contributed by atoms with E-state index in [0.717, 1.165) is 0 Å². The summed E-state index contributed by atoms with van der Waals surface area (Å²) in [4.78, 5) is 0. The Balaban J connectivity index is 2.73. The normalized spacial score (nSPS) is 10.9. The predicted octanol–water partition coefficient (Wildman–Crippen LogP) is 1.55. The van der Waals surface area contributed by atoms with Crippen molar-refractivity contribution >= 4 is 15.7 Å². The van der Waals surface area contributed by atoms with Crippen LogP contribution in [0.15, 0.2) is 24.3 Å². The van der Waals surface area contributed by atoms with E-state index in [1.165, 1.54) is 30.3 Å². The lowest BCUT2D eigenvalue weighted by molar-refractivity contribution is -0.0498. The van der Waals surface area contributed by atoms with Gasteiger partial charge in [-0.25, -0.2) is 8.42 Å². The molecule has 0 heterocycles. The van der Waals surface area contributed by atoms with Crippen LogP contribution in [0.1, 0.15) is 0 Å². The fraction of sp³-hybridized carbons (Fsp3) is 0.222. The fourth-order valence-corrected chi connectivity index (χ4v) is 1.74. The first-order valence-corrected chi connectivity index (χ1v) is 6.00. The molecule has 0 fully saturated rings. The molecule has 92 valence electrons. The van der Waals surface area contributed by atoms with Gasteiger partial charge in [-0.2, -0.15) is 14.0 Å². The molecule has 0 radical (unpaired) electrons. The van der Waals surface area contributed by atoms with Gasteiger partial charge in [-0.1, -0.05) is 0 Å². The van der Waals surface area contributed by atoms with Crippen molar-refractivity contribution in [1.82, 2.24) is 0 Å². The molecule has 17 heavy (non-hydrogen) atoms. The van der Waals surface area contributed by atoms with E-state index in [-0.39, 0.29) is 11.4 Å². The van der Waals surface area contributed by atoms with Crippen molar-refractivity contribution < 1.29 is 21.9 Å². The monoisotopic (exact) mass is 262 g/mol. The van der Waals surface area contributed by atoms with Crippen molar-refractivity contribution in [3.63, 3.8) is 0 Å². The maximum atomic E-state index is 11.8. The summed E-state index contributed by atoms with van der Waals surface area (Å²) < 4.78 is 52.2. The minimum absolute atomic E-state index is 0.0803. The van der Waals surface area contributed by atoms with Crippen molar-refractivity contribution in [2.24, 2.45) is 0 Å². The number of halogens is 2. The first-order valence-electron chi connectivity index (χ1n) is 4.35. The minimum Gasteiger partial charge on any atom is -0.435 e. The molecule has 5 nitrogen and oxygen atoms in total. The number of hydrogen-bond acceptors (Lipinski definition) is 4. The first kappa shape index (κ1) is 13.2. The molecule has 0 aliphatic carbocycles. The zero-order valence-electron chi connectivity index (χ0n) is 8.43. The molecule has 1 rings (SSSR count). The van der Waals surface area contributed by atoms with Gasteiger partial charge < -0.3 is 4.74 Å². The summed E-state index contributed by atoms with van der Waals surface area (Å²) in [6.07, 6.45) is 0. The molecule has 1 aromatic carbocycles. The lowest BCUT2D eigenvalue weighted by Gasteiger charge is -2.07. The largest absolute Gasteiger partial charge is 0.435 e. The molecule has 0 atom stereocenters. The van der Waals surface area contributed by atoms with Crippen LogP contribution in [0.3, 0.4) is 0 Å². The van der Waals surface area contributed by atoms with E-state index in [1.807, 2.05) is 0 Å². The van der Waals surface area contributed by atoms with Gasteiger partial charge in [0, 0.05) is 5.69 Å². The van der Waals surface area contributed by atoms with Crippen LogP contribution in [0.25, 0.3) is 0 Å². The van der Waals surface area contributed by atoms with Crippen LogP contribution in [0.5, 0.6) is 5.75 Å². The highest BCUT2D eigenvalue weighted by Gasteiger charge is 2.09. The van der Waals surface area contributed by atoms with Crippen molar-refractivity contribution in [3.8, 4) is 11.8 Å². The Kier molecular flexibility index (Phi) is 4.23. The number of nitriles is 1. The Hall–Kier alpha value is -1.88. The molecule has 0 saturated carbocycles. The van der Waals surface area contributed by atoms with Crippen molar-refractivity contribution in [3.05, 3.63) is 24.3 Å². The maximum absolute atomic E-state index is 11.8. The predicted molar refractivity (Wildman–Crippen MR) is 56.1 cm³/mol. The summed E-state index contributed by atoms with van der Waals surface area (Å²) in [6, 6.07) is 6.39. The van der Waals surface area contributed by atoms with Crippen molar-refractivity contribution in [2.45, 2.75) is 6.61 Å². The second-order valence-corrected chi connectivity index (χ2v) is 4.64. The Morgan fingerprint density at radius 3 is 2.41 bits per heavy atom. The van der Waals surface area contributed by atoms with Crippen LogP contribution >= 0.6 is 0 Å². The molecule has 8 heteroatoms. The molecular formula is C9H8F2N2O3S. The van der Waals surface area contributed by atoms with E-state index in [9.17, 15) is 17.2 Å². The standard InChI is InChI=1S/C9H8F2N2O3S/c10-9(11)16-8-3-1-7(2-4-8)13-17(14,15)6-5-12/h1-4,9,13H,6H2. The van der Waals surface area contributed by atoms with Gasteiger partial charge in [-0.15, -0.1) is 0 Å². The third kappa shape index (κ3) is 4.65. The second-order valence-electron chi connectivity index (χ2n) is 2.92. The Labute approximate surface area is 96.7 Å². The molecule has 0 bridgehead atoms. The number of ether oxygens (including phenoxy) is 1. The topological polar surface area (TPSA) is 79.2 Å². The molecule has 0 saturated heterocycles. The number of rotatable bonds is 5. The lowest BCUT2D eigenvalue weighted by Crippen LogP contribution is -2.15. The quantitative estimate of drug-likeness (QED) is 0.873. The molecule has 0 spiro atoms. The van der Waals surface area contributed by atoms with Gasteiger partial charge in [0.15, 0.2) is 5.75 Å². The number of sulfonamides is 1. The number of nitrogens with zero attached hydrogens (tertiary/aromatic N) is 1. The van der Waals surface area contributed by atoms with E-state index < -0.39 is 22.4 Å². The Bertz CT molecular complexity index is 508. The van der Waals surface area contributed by atoms with Crippen LogP contribution in [0, 0.1) is 11.3 Å². The molecule has 0 aliphatic heterocycles. The summed E-state index contributed by atoms with van der Waals surface area (Å²) in [7, 11) is -3.72. The Morgan fingerprint density at radius 1 is 1.35 bits per heavy atom. The summed E-state index contributed by atoms with van der Waals surface area (Å²) in [6.45, 7) is -2.93. The number of hydrogen-bond donors (Lipinski definition) is 1. The van der Waals surface area contributed by atoms with Crippen molar-refractivity contribution in [1.29, 1.82) is 5.26 Å². The van der Waals surface area contributed by atoms with E-state index in [4.69, 9.17) is 5.26 Å². The van der Waals surface area contributed by atoms with Gasteiger partial charge in [0.2, 0.25) is 10.0 Å². The average molecular weight is 262 g/mol. The average Bonchev–Trinajstić information content (AvgIpc) is 2.19. The van der Waals surface area contributed by atoms with Gasteiger partial charge in [0.05, 0.1) is 6.07 Å². The van der Waals surface area contributed by atoms with Gasteiger partial charge in [-0.05, 0) is 24.3 Å². The van der Waals surface area contributed by atoms with E-state index >= 15 is 0 Å². The molecule has 1 aromatic rings. The highest BCUT2D eigenvalue weighted by atomic mass is 32.2. The smallest absolute Gasteiger partial charge is 0.387 e. The Morgan fingerprint density at radius 2 is 1.94 bits per heavy atom. The minimum atomic E-state index is -3.72. The van der Waals surface area contributed by atoms with E-state index in [1.54, 1.807) is 0 Å². The van der Waals surface area contributed by atoms with Crippen LogP contribution < -0.4 is 9.46 Å².